The first kappa shape index (κ1) is 36.4. The van der Waals surface area contributed by atoms with Crippen LogP contribution in [0.4, 0.5) is 23.6 Å². The van der Waals surface area contributed by atoms with Gasteiger partial charge in [-0.25, -0.2) is 9.37 Å². The van der Waals surface area contributed by atoms with E-state index in [-0.39, 0.29) is 53.2 Å². The number of aromatic nitrogens is 2. The summed E-state index contributed by atoms with van der Waals surface area (Å²) in [6, 6.07) is 1.43. The molecule has 2 saturated heterocycles. The molecule has 1 aliphatic carbocycles. The molecule has 46 heavy (non-hydrogen) atoms. The number of piperidine rings is 1. The molecule has 2 aromatic rings. The molecule has 4 heterocycles. The minimum absolute atomic E-state index is 0.0309. The fraction of sp³-hybridized carbons (Fsp3) is 0.567. The minimum atomic E-state index is -4.64. The predicted molar refractivity (Wildman–Crippen MR) is 163 cm³/mol. The molecular formula is C30H42F4N8O4. The Kier molecular flexibility index (Phi) is 12.7. The zero-order valence-electron chi connectivity index (χ0n) is 26.4. The molecule has 16 heteroatoms. The van der Waals surface area contributed by atoms with Gasteiger partial charge >= 0.3 is 6.18 Å². The van der Waals surface area contributed by atoms with E-state index in [2.05, 4.69) is 32.5 Å². The normalized spacial score (nSPS) is 20.9. The molecule has 0 aromatic carbocycles. The number of allylic oxidation sites excluding steroid dienone is 2. The van der Waals surface area contributed by atoms with Gasteiger partial charge in [-0.3, -0.25) is 9.59 Å². The van der Waals surface area contributed by atoms with Crippen molar-refractivity contribution in [3.05, 3.63) is 46.9 Å². The third-order valence-electron chi connectivity index (χ3n) is 7.92. The van der Waals surface area contributed by atoms with Crippen molar-refractivity contribution in [1.82, 2.24) is 25.5 Å². The lowest BCUT2D eigenvalue weighted by Gasteiger charge is -2.35. The lowest BCUT2D eigenvalue weighted by Crippen LogP contribution is -2.54. The monoisotopic (exact) mass is 654 g/mol. The SMILES string of the molecule is CC1CN(c2nc(CNC=O)c(C(F)(F)F)o2)CC(C)N1.CN1CCCCC12CC2.COc1cc(C(=N)/C=C(\N)C=O)c(F)cn1. The highest BCUT2D eigenvalue weighted by atomic mass is 19.4. The van der Waals surface area contributed by atoms with Crippen LogP contribution >= 0.6 is 0 Å². The van der Waals surface area contributed by atoms with E-state index >= 15 is 0 Å². The number of piperazine rings is 1. The molecule has 254 valence electrons. The van der Waals surface area contributed by atoms with Gasteiger partial charge in [0.1, 0.15) is 5.69 Å². The van der Waals surface area contributed by atoms with Gasteiger partial charge in [-0.2, -0.15) is 18.2 Å². The number of ether oxygens (including phenoxy) is 1. The summed E-state index contributed by atoms with van der Waals surface area (Å²) in [6.07, 6.45) is 5.39. The van der Waals surface area contributed by atoms with Gasteiger partial charge in [-0.15, -0.1) is 0 Å². The van der Waals surface area contributed by atoms with E-state index in [0.29, 0.717) is 25.8 Å². The molecule has 12 nitrogen and oxygen atoms in total. The molecule has 5 N–H and O–H groups in total. The number of carbonyl (C=O) groups is 2. The molecule has 2 aliphatic heterocycles. The fourth-order valence-electron chi connectivity index (χ4n) is 5.46. The van der Waals surface area contributed by atoms with Crippen molar-refractivity contribution in [3.8, 4) is 5.88 Å². The van der Waals surface area contributed by atoms with Crippen molar-refractivity contribution in [3.63, 3.8) is 0 Å². The lowest BCUT2D eigenvalue weighted by atomic mass is 10.0. The van der Waals surface area contributed by atoms with Gasteiger partial charge in [-0.05, 0) is 59.2 Å². The molecule has 3 fully saturated rings. The van der Waals surface area contributed by atoms with Gasteiger partial charge < -0.3 is 40.7 Å². The second-order valence-electron chi connectivity index (χ2n) is 11.6. The van der Waals surface area contributed by atoms with Crippen molar-refractivity contribution in [2.75, 3.05) is 38.7 Å². The zero-order chi connectivity index (χ0) is 34.1. The molecular weight excluding hydrogens is 612 g/mol. The van der Waals surface area contributed by atoms with Gasteiger partial charge in [0.15, 0.2) is 12.1 Å². The van der Waals surface area contributed by atoms with Crippen LogP contribution in [0, 0.1) is 11.2 Å². The summed E-state index contributed by atoms with van der Waals surface area (Å²) in [5.74, 6) is -1.66. The van der Waals surface area contributed by atoms with E-state index in [1.807, 2.05) is 13.8 Å². The average molecular weight is 655 g/mol. The fourth-order valence-corrected chi connectivity index (χ4v) is 5.46. The van der Waals surface area contributed by atoms with Crippen LogP contribution in [0.1, 0.15) is 63.0 Å². The lowest BCUT2D eigenvalue weighted by molar-refractivity contribution is -0.153. The average Bonchev–Trinajstić information content (AvgIpc) is 3.64. The van der Waals surface area contributed by atoms with Crippen LogP contribution in [0.3, 0.4) is 0 Å². The maximum Gasteiger partial charge on any atom is 0.451 e. The van der Waals surface area contributed by atoms with Crippen LogP contribution in [-0.2, 0) is 22.3 Å². The number of pyridine rings is 1. The topological polar surface area (TPSA) is 163 Å². The molecule has 0 bridgehead atoms. The molecule has 1 spiro atoms. The van der Waals surface area contributed by atoms with Crippen molar-refractivity contribution in [1.29, 1.82) is 5.41 Å². The summed E-state index contributed by atoms with van der Waals surface area (Å²) >= 11 is 0. The number of likely N-dealkylation sites (tertiary alicyclic amines) is 1. The number of anilines is 1. The van der Waals surface area contributed by atoms with E-state index in [4.69, 9.17) is 20.3 Å². The van der Waals surface area contributed by atoms with Crippen molar-refractivity contribution in [2.24, 2.45) is 5.73 Å². The Balaban J connectivity index is 0.000000202. The molecule has 5 rings (SSSR count). The number of hydrogen-bond donors (Lipinski definition) is 4. The number of rotatable bonds is 8. The van der Waals surface area contributed by atoms with Gasteiger partial charge in [0.2, 0.25) is 18.1 Å². The number of amides is 1. The Morgan fingerprint density at radius 2 is 1.91 bits per heavy atom. The van der Waals surface area contributed by atoms with Crippen LogP contribution < -0.4 is 26.0 Å². The van der Waals surface area contributed by atoms with Gasteiger partial charge in [0.25, 0.3) is 6.01 Å². The number of halogens is 4. The summed E-state index contributed by atoms with van der Waals surface area (Å²) < 4.78 is 61.8. The highest BCUT2D eigenvalue weighted by Gasteiger charge is 2.46. The minimum Gasteiger partial charge on any atom is -0.481 e. The Morgan fingerprint density at radius 3 is 2.43 bits per heavy atom. The number of nitrogens with one attached hydrogen (secondary N) is 3. The molecule has 0 radical (unpaired) electrons. The van der Waals surface area contributed by atoms with Crippen molar-refractivity contribution >= 4 is 24.4 Å². The largest absolute Gasteiger partial charge is 0.481 e. The van der Waals surface area contributed by atoms with E-state index in [0.717, 1.165) is 17.8 Å². The predicted octanol–water partition coefficient (Wildman–Crippen LogP) is 3.40. The number of nitrogens with two attached hydrogens (primary N) is 1. The van der Waals surface area contributed by atoms with Crippen LogP contribution in [0.2, 0.25) is 0 Å². The van der Waals surface area contributed by atoms with Crippen LogP contribution in [0.15, 0.2) is 28.5 Å². The molecule has 1 amide bonds. The maximum absolute atomic E-state index is 13.3. The van der Waals surface area contributed by atoms with Crippen LogP contribution in [0.5, 0.6) is 5.88 Å². The Hall–Kier alpha value is -4.05. The second-order valence-corrected chi connectivity index (χ2v) is 11.6. The smallest absolute Gasteiger partial charge is 0.451 e. The van der Waals surface area contributed by atoms with Crippen molar-refractivity contribution in [2.45, 2.75) is 76.3 Å². The number of nitrogens with zero attached hydrogens (tertiary/aromatic N) is 4. The molecule has 1 saturated carbocycles. The number of carbonyl (C=O) groups excluding carboxylic acids is 2. The quantitative estimate of drug-likeness (QED) is 0.144. The second kappa shape index (κ2) is 16.0. The van der Waals surface area contributed by atoms with Crippen LogP contribution in [-0.4, -0.2) is 84.7 Å². The highest BCUT2D eigenvalue weighted by Crippen LogP contribution is 2.47. The van der Waals surface area contributed by atoms with E-state index < -0.39 is 17.8 Å². The Bertz CT molecular complexity index is 1370. The third kappa shape index (κ3) is 9.97. The number of alkyl halides is 3. The summed E-state index contributed by atoms with van der Waals surface area (Å²) in [6.45, 7) is 5.90. The first-order valence-corrected chi connectivity index (χ1v) is 14.9. The number of oxazole rings is 1. The Morgan fingerprint density at radius 1 is 1.24 bits per heavy atom. The third-order valence-corrected chi connectivity index (χ3v) is 7.92. The van der Waals surface area contributed by atoms with Gasteiger partial charge in [0.05, 0.1) is 31.3 Å². The molecule has 3 aliphatic rings. The van der Waals surface area contributed by atoms with E-state index in [1.54, 1.807) is 4.90 Å². The highest BCUT2D eigenvalue weighted by molar-refractivity contribution is 6.08. The summed E-state index contributed by atoms with van der Waals surface area (Å²) in [5, 5.41) is 13.0. The summed E-state index contributed by atoms with van der Waals surface area (Å²) in [5.41, 5.74) is 5.22. The van der Waals surface area contributed by atoms with Crippen molar-refractivity contribution < 1.29 is 36.3 Å². The first-order chi connectivity index (χ1) is 21.7. The van der Waals surface area contributed by atoms with Gasteiger partial charge in [0, 0.05) is 42.3 Å². The summed E-state index contributed by atoms with van der Waals surface area (Å²) in [4.78, 5) is 32.3. The number of aldehydes is 1. The standard InChI is InChI=1S/C12H17F3N4O2.C10H10FN3O2.C8H15N/c1-7-4-19(5-8(2)17-7)11-18-9(3-16-6-20)10(21-11)12(13,14)15;1-16-10-3-7(8(11)4-14-10)9(13)2-6(12)5-15;1-9-7-3-2-4-8(9)5-6-8/h6-8,17H,3-5H2,1-2H3,(H,16,20);2-5,13H,12H2,1H3;2-7H2,1H3/b;6-2-,13-9?;. The van der Waals surface area contributed by atoms with E-state index in [1.165, 1.54) is 51.8 Å². The first-order valence-electron chi connectivity index (χ1n) is 14.9. The molecule has 2 unspecified atom stereocenters. The number of methoxy groups -OCH3 is 1. The maximum atomic E-state index is 13.3. The van der Waals surface area contributed by atoms with E-state index in [9.17, 15) is 27.2 Å². The zero-order valence-corrected chi connectivity index (χ0v) is 26.4. The Labute approximate surface area is 265 Å². The van der Waals surface area contributed by atoms with Crippen LogP contribution in [0.25, 0.3) is 0 Å². The number of hydrogen-bond acceptors (Lipinski definition) is 11. The van der Waals surface area contributed by atoms with Gasteiger partial charge in [-0.1, -0.05) is 6.42 Å². The molecule has 2 aromatic heterocycles. The summed E-state index contributed by atoms with van der Waals surface area (Å²) in [7, 11) is 3.66. The molecule has 2 atom stereocenters.